The monoisotopic (exact) mass is 262 g/mol. The minimum Gasteiger partial charge on any atom is -0.483 e. The highest BCUT2D eigenvalue weighted by Gasteiger charge is 2.13. The smallest absolute Gasteiger partial charge is 0.138 e. The lowest BCUT2D eigenvalue weighted by molar-refractivity contribution is 0.214. The van der Waals surface area contributed by atoms with Crippen LogP contribution in [-0.4, -0.2) is 11.5 Å². The Labute approximate surface area is 112 Å². The van der Waals surface area contributed by atoms with Crippen molar-refractivity contribution in [2.45, 2.75) is 13.0 Å². The van der Waals surface area contributed by atoms with E-state index in [1.165, 1.54) is 0 Å². The molecule has 2 aromatic rings. The molecular formula is C14H15ClN2O. The second-order valence-electron chi connectivity index (χ2n) is 4.06. The molecule has 1 heterocycles. The number of benzene rings is 1. The number of hydrogen-bond acceptors (Lipinski definition) is 3. The van der Waals surface area contributed by atoms with Gasteiger partial charge in [0.2, 0.25) is 0 Å². The third-order valence-electron chi connectivity index (χ3n) is 2.65. The van der Waals surface area contributed by atoms with Crippen LogP contribution in [0.2, 0.25) is 5.02 Å². The van der Waals surface area contributed by atoms with E-state index in [0.717, 1.165) is 11.1 Å². The Bertz CT molecular complexity index is 516. The van der Waals surface area contributed by atoms with Gasteiger partial charge in [0.25, 0.3) is 0 Å². The maximum absolute atomic E-state index is 6.14. The summed E-state index contributed by atoms with van der Waals surface area (Å²) in [6.45, 7) is 2.37. The van der Waals surface area contributed by atoms with Crippen LogP contribution >= 0.6 is 11.6 Å². The Kier molecular flexibility index (Phi) is 4.18. The molecule has 0 aliphatic heterocycles. The molecule has 0 bridgehead atoms. The maximum atomic E-state index is 6.14. The molecule has 1 unspecified atom stereocenters. The van der Waals surface area contributed by atoms with Gasteiger partial charge in [-0.2, -0.15) is 0 Å². The summed E-state index contributed by atoms with van der Waals surface area (Å²) in [5.41, 5.74) is 7.83. The number of rotatable bonds is 4. The van der Waals surface area contributed by atoms with Crippen LogP contribution < -0.4 is 10.5 Å². The van der Waals surface area contributed by atoms with Crippen molar-refractivity contribution in [2.24, 2.45) is 5.73 Å². The number of ether oxygens (including phenoxy) is 1. The van der Waals surface area contributed by atoms with Gasteiger partial charge >= 0.3 is 0 Å². The summed E-state index contributed by atoms with van der Waals surface area (Å²) in [6.07, 6.45) is 3.23. The van der Waals surface area contributed by atoms with Crippen molar-refractivity contribution in [1.82, 2.24) is 4.98 Å². The van der Waals surface area contributed by atoms with Gasteiger partial charge in [0.15, 0.2) is 0 Å². The Morgan fingerprint density at radius 3 is 2.61 bits per heavy atom. The molecule has 1 aromatic carbocycles. The van der Waals surface area contributed by atoms with E-state index in [0.29, 0.717) is 17.3 Å². The van der Waals surface area contributed by atoms with Gasteiger partial charge in [0, 0.05) is 18.9 Å². The average molecular weight is 263 g/mol. The summed E-state index contributed by atoms with van der Waals surface area (Å²) in [6, 6.07) is 9.47. The summed E-state index contributed by atoms with van der Waals surface area (Å²) in [5.74, 6) is 0.648. The first-order valence-electron chi connectivity index (χ1n) is 5.73. The summed E-state index contributed by atoms with van der Waals surface area (Å²) in [7, 11) is 0. The van der Waals surface area contributed by atoms with Gasteiger partial charge in [0.05, 0.1) is 5.02 Å². The fraction of sp³-hybridized carbons (Fsp3) is 0.214. The molecule has 0 aliphatic carbocycles. The third-order valence-corrected chi connectivity index (χ3v) is 2.94. The normalized spacial score (nSPS) is 12.2. The zero-order valence-corrected chi connectivity index (χ0v) is 10.9. The van der Waals surface area contributed by atoms with Crippen molar-refractivity contribution in [2.75, 3.05) is 6.54 Å². The van der Waals surface area contributed by atoms with Crippen molar-refractivity contribution >= 4 is 11.6 Å². The maximum Gasteiger partial charge on any atom is 0.138 e. The van der Waals surface area contributed by atoms with Crippen LogP contribution in [0.15, 0.2) is 42.7 Å². The van der Waals surface area contributed by atoms with Crippen molar-refractivity contribution in [3.05, 3.63) is 58.9 Å². The fourth-order valence-corrected chi connectivity index (χ4v) is 1.96. The van der Waals surface area contributed by atoms with Crippen LogP contribution in [0.1, 0.15) is 17.2 Å². The van der Waals surface area contributed by atoms with Gasteiger partial charge in [-0.3, -0.25) is 4.98 Å². The second-order valence-corrected chi connectivity index (χ2v) is 4.46. The zero-order chi connectivity index (χ0) is 13.0. The number of pyridine rings is 1. The quantitative estimate of drug-likeness (QED) is 0.921. The van der Waals surface area contributed by atoms with Gasteiger partial charge in [-0.15, -0.1) is 0 Å². The van der Waals surface area contributed by atoms with Crippen molar-refractivity contribution < 1.29 is 4.74 Å². The van der Waals surface area contributed by atoms with Crippen LogP contribution in [0.25, 0.3) is 0 Å². The number of hydrogen-bond donors (Lipinski definition) is 1. The first-order chi connectivity index (χ1) is 8.70. The van der Waals surface area contributed by atoms with E-state index in [1.807, 2.05) is 37.3 Å². The van der Waals surface area contributed by atoms with E-state index in [9.17, 15) is 0 Å². The lowest BCUT2D eigenvalue weighted by Crippen LogP contribution is -2.18. The molecule has 0 spiro atoms. The topological polar surface area (TPSA) is 48.1 Å². The molecule has 0 saturated carbocycles. The predicted octanol–water partition coefficient (Wildman–Crippen LogP) is 3.12. The Morgan fingerprint density at radius 2 is 2.00 bits per heavy atom. The lowest BCUT2D eigenvalue weighted by Gasteiger charge is -2.18. The Balaban J connectivity index is 2.21. The highest BCUT2D eigenvalue weighted by Crippen LogP contribution is 2.29. The zero-order valence-electron chi connectivity index (χ0n) is 10.1. The van der Waals surface area contributed by atoms with E-state index < -0.39 is 0 Å². The Morgan fingerprint density at radius 1 is 1.28 bits per heavy atom. The van der Waals surface area contributed by atoms with E-state index >= 15 is 0 Å². The average Bonchev–Trinajstić information content (AvgIpc) is 2.39. The molecule has 0 fully saturated rings. The number of aryl methyl sites for hydroxylation is 1. The van der Waals surface area contributed by atoms with Gasteiger partial charge in [-0.25, -0.2) is 0 Å². The summed E-state index contributed by atoms with van der Waals surface area (Å²) in [5, 5.41) is 0.600. The molecule has 2 rings (SSSR count). The molecular weight excluding hydrogens is 248 g/mol. The molecule has 4 heteroatoms. The number of nitrogens with two attached hydrogens (primary N) is 1. The summed E-state index contributed by atoms with van der Waals surface area (Å²) >= 11 is 6.14. The first kappa shape index (κ1) is 12.9. The van der Waals surface area contributed by atoms with Gasteiger partial charge in [-0.05, 0) is 42.3 Å². The van der Waals surface area contributed by atoms with Crippen molar-refractivity contribution in [1.29, 1.82) is 0 Å². The summed E-state index contributed by atoms with van der Waals surface area (Å²) in [4.78, 5) is 3.98. The molecule has 2 N–H and O–H groups in total. The Hall–Kier alpha value is -1.58. The molecule has 0 amide bonds. The molecule has 0 radical (unpaired) electrons. The van der Waals surface area contributed by atoms with E-state index in [-0.39, 0.29) is 6.10 Å². The van der Waals surface area contributed by atoms with Crippen LogP contribution in [-0.2, 0) is 0 Å². The van der Waals surface area contributed by atoms with Crippen LogP contribution in [0, 0.1) is 6.92 Å². The van der Waals surface area contributed by atoms with Crippen LogP contribution in [0.5, 0.6) is 5.75 Å². The fourth-order valence-electron chi connectivity index (χ4n) is 1.69. The van der Waals surface area contributed by atoms with Gasteiger partial charge < -0.3 is 10.5 Å². The van der Waals surface area contributed by atoms with E-state index in [2.05, 4.69) is 4.98 Å². The minimum absolute atomic E-state index is 0.215. The van der Waals surface area contributed by atoms with Gasteiger partial charge in [-0.1, -0.05) is 17.7 Å². The molecule has 1 aromatic heterocycles. The molecule has 94 valence electrons. The third kappa shape index (κ3) is 3.00. The van der Waals surface area contributed by atoms with E-state index in [1.54, 1.807) is 12.4 Å². The lowest BCUT2D eigenvalue weighted by atomic mass is 10.1. The predicted molar refractivity (Wildman–Crippen MR) is 72.8 cm³/mol. The van der Waals surface area contributed by atoms with Crippen molar-refractivity contribution in [3.63, 3.8) is 0 Å². The minimum atomic E-state index is -0.215. The SMILES string of the molecule is Cc1ccc(OC(CN)c2ccncc2)c(Cl)c1. The number of halogens is 1. The summed E-state index contributed by atoms with van der Waals surface area (Å²) < 4.78 is 5.85. The standard InChI is InChI=1S/C14H15ClN2O/c1-10-2-3-13(12(15)8-10)18-14(9-16)11-4-6-17-7-5-11/h2-8,14H,9,16H2,1H3. The molecule has 0 aliphatic rings. The molecule has 0 saturated heterocycles. The van der Waals surface area contributed by atoms with Gasteiger partial charge in [0.1, 0.15) is 11.9 Å². The van der Waals surface area contributed by atoms with Crippen LogP contribution in [0.3, 0.4) is 0 Å². The van der Waals surface area contributed by atoms with Crippen molar-refractivity contribution in [3.8, 4) is 5.75 Å². The first-order valence-corrected chi connectivity index (χ1v) is 6.11. The molecule has 3 nitrogen and oxygen atoms in total. The van der Waals surface area contributed by atoms with Crippen LogP contribution in [0.4, 0.5) is 0 Å². The second kappa shape index (κ2) is 5.85. The highest BCUT2D eigenvalue weighted by atomic mass is 35.5. The van der Waals surface area contributed by atoms with E-state index in [4.69, 9.17) is 22.1 Å². The largest absolute Gasteiger partial charge is 0.483 e. The highest BCUT2D eigenvalue weighted by molar-refractivity contribution is 6.32. The number of aromatic nitrogens is 1. The molecule has 1 atom stereocenters. The number of nitrogens with zero attached hydrogens (tertiary/aromatic N) is 1. The molecule has 18 heavy (non-hydrogen) atoms.